The number of morpholine rings is 1. The van der Waals surface area contributed by atoms with E-state index in [9.17, 15) is 18.5 Å². The van der Waals surface area contributed by atoms with Crippen LogP contribution in [0.25, 0.3) is 0 Å². The number of halogens is 1. The van der Waals surface area contributed by atoms with Crippen molar-refractivity contribution >= 4 is 33.0 Å². The highest BCUT2D eigenvalue weighted by Gasteiger charge is 2.30. The number of anilines is 1. The largest absolute Gasteiger partial charge is 0.489 e. The molecule has 0 spiro atoms. The van der Waals surface area contributed by atoms with Crippen LogP contribution in [0.4, 0.5) is 11.4 Å². The van der Waals surface area contributed by atoms with Crippen LogP contribution in [0.5, 0.6) is 11.5 Å². The minimum absolute atomic E-state index is 0.158. The van der Waals surface area contributed by atoms with Gasteiger partial charge in [0.25, 0.3) is 5.69 Å². The Morgan fingerprint density at radius 1 is 1.09 bits per heavy atom. The van der Waals surface area contributed by atoms with Crippen molar-refractivity contribution in [1.82, 2.24) is 4.31 Å². The lowest BCUT2D eigenvalue weighted by Gasteiger charge is -2.27. The number of nitrogens with zero attached hydrogens (tertiary/aromatic N) is 2. The van der Waals surface area contributed by atoms with Crippen LogP contribution in [-0.2, 0) is 21.3 Å². The molecule has 0 amide bonds. The number of fused-ring (bicyclic) bond motifs is 1. The summed E-state index contributed by atoms with van der Waals surface area (Å²) in [5.41, 5.74) is 0.693. The molecule has 0 bridgehead atoms. The van der Waals surface area contributed by atoms with Crippen LogP contribution in [-0.4, -0.2) is 57.2 Å². The zero-order valence-corrected chi connectivity index (χ0v) is 18.7. The third kappa shape index (κ3) is 4.75. The molecule has 4 rings (SSSR count). The first-order valence-electron chi connectivity index (χ1n) is 10.0. The van der Waals surface area contributed by atoms with E-state index in [1.165, 1.54) is 16.4 Å². The molecule has 0 aliphatic carbocycles. The van der Waals surface area contributed by atoms with Gasteiger partial charge in [-0.25, -0.2) is 8.42 Å². The summed E-state index contributed by atoms with van der Waals surface area (Å²) < 4.78 is 44.3. The number of rotatable bonds is 6. The lowest BCUT2D eigenvalue weighted by atomic mass is 10.2. The number of benzene rings is 2. The number of non-ortho nitro benzene ring substituents is 1. The van der Waals surface area contributed by atoms with E-state index in [-0.39, 0.29) is 49.1 Å². The van der Waals surface area contributed by atoms with Gasteiger partial charge < -0.3 is 19.5 Å². The Balaban J connectivity index is 1.63. The van der Waals surface area contributed by atoms with Crippen LogP contribution in [0.1, 0.15) is 12.0 Å². The van der Waals surface area contributed by atoms with Crippen molar-refractivity contribution in [3.05, 3.63) is 51.0 Å². The molecule has 1 N–H and O–H groups in total. The highest BCUT2D eigenvalue weighted by molar-refractivity contribution is 7.89. The van der Waals surface area contributed by atoms with Crippen molar-refractivity contribution < 1.29 is 27.6 Å². The van der Waals surface area contributed by atoms with Crippen molar-refractivity contribution in [3.8, 4) is 11.5 Å². The number of hydrogen-bond donors (Lipinski definition) is 1. The molecule has 32 heavy (non-hydrogen) atoms. The normalized spacial score (nSPS) is 16.9. The summed E-state index contributed by atoms with van der Waals surface area (Å²) >= 11 is 6.34. The van der Waals surface area contributed by atoms with E-state index in [4.69, 9.17) is 25.8 Å². The van der Waals surface area contributed by atoms with Gasteiger partial charge in [-0.2, -0.15) is 4.31 Å². The van der Waals surface area contributed by atoms with E-state index in [1.54, 1.807) is 12.1 Å². The minimum atomic E-state index is -3.96. The summed E-state index contributed by atoms with van der Waals surface area (Å²) in [6.07, 6.45) is 0.740. The van der Waals surface area contributed by atoms with Gasteiger partial charge in [0.15, 0.2) is 11.5 Å². The van der Waals surface area contributed by atoms with Crippen molar-refractivity contribution in [2.45, 2.75) is 17.9 Å². The van der Waals surface area contributed by atoms with Gasteiger partial charge in [0.05, 0.1) is 42.1 Å². The van der Waals surface area contributed by atoms with Gasteiger partial charge in [-0.3, -0.25) is 10.1 Å². The van der Waals surface area contributed by atoms with Crippen LogP contribution in [0, 0.1) is 10.1 Å². The molecule has 2 aromatic rings. The van der Waals surface area contributed by atoms with Crippen molar-refractivity contribution in [2.75, 3.05) is 44.8 Å². The van der Waals surface area contributed by atoms with E-state index >= 15 is 0 Å². The van der Waals surface area contributed by atoms with E-state index in [2.05, 4.69) is 5.32 Å². The molecular weight excluding hydrogens is 462 g/mol. The zero-order chi connectivity index (χ0) is 22.7. The first kappa shape index (κ1) is 22.6. The molecule has 0 saturated carbocycles. The van der Waals surface area contributed by atoms with E-state index in [0.29, 0.717) is 29.7 Å². The lowest BCUT2D eigenvalue weighted by molar-refractivity contribution is -0.385. The maximum Gasteiger partial charge on any atom is 0.270 e. The fourth-order valence-corrected chi connectivity index (χ4v) is 5.38. The summed E-state index contributed by atoms with van der Waals surface area (Å²) in [4.78, 5) is 10.5. The number of nitro benzene ring substituents is 1. The summed E-state index contributed by atoms with van der Waals surface area (Å²) in [6, 6.07) is 7.23. The average molecular weight is 484 g/mol. The fraction of sp³-hybridized carbons (Fsp3) is 0.400. The molecule has 2 aliphatic heterocycles. The molecule has 12 heteroatoms. The number of sulfonamides is 1. The first-order chi connectivity index (χ1) is 15.4. The van der Waals surface area contributed by atoms with E-state index in [0.717, 1.165) is 18.1 Å². The van der Waals surface area contributed by atoms with Crippen LogP contribution in [0.15, 0.2) is 35.2 Å². The number of ether oxygens (including phenoxy) is 3. The Bertz CT molecular complexity index is 1120. The molecule has 2 heterocycles. The quantitative estimate of drug-likeness (QED) is 0.491. The predicted molar refractivity (Wildman–Crippen MR) is 117 cm³/mol. The molecule has 2 aromatic carbocycles. The maximum absolute atomic E-state index is 13.2. The van der Waals surface area contributed by atoms with Crippen molar-refractivity contribution in [1.29, 1.82) is 0 Å². The standard InChI is InChI=1S/C20H22ClN3O7S/c21-16-10-14(11-18-20(16)31-7-1-6-30-18)13-22-17-3-2-15(24(25)26)12-19(17)32(27,28)23-4-8-29-9-5-23/h2-3,10-12,22H,1,4-9,13H2. The lowest BCUT2D eigenvalue weighted by Crippen LogP contribution is -2.40. The second-order valence-electron chi connectivity index (χ2n) is 7.26. The molecule has 0 aromatic heterocycles. The van der Waals surface area contributed by atoms with Crippen LogP contribution in [0.3, 0.4) is 0 Å². The maximum atomic E-state index is 13.2. The second-order valence-corrected chi connectivity index (χ2v) is 9.58. The zero-order valence-electron chi connectivity index (χ0n) is 17.1. The average Bonchev–Trinajstić information content (AvgIpc) is 3.04. The van der Waals surface area contributed by atoms with Crippen LogP contribution in [0.2, 0.25) is 5.02 Å². The van der Waals surface area contributed by atoms with E-state index < -0.39 is 14.9 Å². The molecule has 0 radical (unpaired) electrons. The third-order valence-corrected chi connectivity index (χ3v) is 7.33. The van der Waals surface area contributed by atoms with Gasteiger partial charge in [0.2, 0.25) is 10.0 Å². The molecule has 1 saturated heterocycles. The van der Waals surface area contributed by atoms with Gasteiger partial charge in [0, 0.05) is 38.2 Å². The Morgan fingerprint density at radius 2 is 1.84 bits per heavy atom. The Hall–Kier alpha value is -2.60. The monoisotopic (exact) mass is 483 g/mol. The van der Waals surface area contributed by atoms with Gasteiger partial charge >= 0.3 is 0 Å². The molecule has 10 nitrogen and oxygen atoms in total. The number of hydrogen-bond acceptors (Lipinski definition) is 8. The number of nitro groups is 1. The SMILES string of the molecule is O=[N+]([O-])c1ccc(NCc2cc(Cl)c3c(c2)OCCCO3)c(S(=O)(=O)N2CCOCC2)c1. The summed E-state index contributed by atoms with van der Waals surface area (Å²) in [6.45, 7) is 2.14. The Kier molecular flexibility index (Phi) is 6.70. The highest BCUT2D eigenvalue weighted by atomic mass is 35.5. The Labute approximate surface area is 190 Å². The summed E-state index contributed by atoms with van der Waals surface area (Å²) in [7, 11) is -3.96. The number of nitrogens with one attached hydrogen (secondary N) is 1. The third-order valence-electron chi connectivity index (χ3n) is 5.11. The van der Waals surface area contributed by atoms with Crippen LogP contribution < -0.4 is 14.8 Å². The van der Waals surface area contributed by atoms with Gasteiger partial charge in [-0.1, -0.05) is 11.6 Å². The topological polar surface area (TPSA) is 120 Å². The Morgan fingerprint density at radius 3 is 2.59 bits per heavy atom. The van der Waals surface area contributed by atoms with E-state index in [1.807, 2.05) is 0 Å². The summed E-state index contributed by atoms with van der Waals surface area (Å²) in [5.74, 6) is 1.01. The molecule has 0 atom stereocenters. The molecule has 1 fully saturated rings. The van der Waals surface area contributed by atoms with Crippen molar-refractivity contribution in [3.63, 3.8) is 0 Å². The van der Waals surface area contributed by atoms with Crippen LogP contribution >= 0.6 is 11.6 Å². The van der Waals surface area contributed by atoms with Gasteiger partial charge in [-0.05, 0) is 23.8 Å². The summed E-state index contributed by atoms with van der Waals surface area (Å²) in [5, 5.41) is 14.7. The minimum Gasteiger partial charge on any atom is -0.489 e. The first-order valence-corrected chi connectivity index (χ1v) is 11.9. The fourth-order valence-electron chi connectivity index (χ4n) is 3.49. The van der Waals surface area contributed by atoms with Crippen molar-refractivity contribution in [2.24, 2.45) is 0 Å². The van der Waals surface area contributed by atoms with Gasteiger partial charge in [-0.15, -0.1) is 0 Å². The predicted octanol–water partition coefficient (Wildman–Crippen LogP) is 3.04. The smallest absolute Gasteiger partial charge is 0.270 e. The molecule has 0 unspecified atom stereocenters. The van der Waals surface area contributed by atoms with Gasteiger partial charge in [0.1, 0.15) is 4.90 Å². The molecule has 2 aliphatic rings. The molecule has 172 valence electrons. The second kappa shape index (κ2) is 9.49. The highest BCUT2D eigenvalue weighted by Crippen LogP contribution is 2.38. The molecular formula is C20H22ClN3O7S.